The maximum atomic E-state index is 13.0. The van der Waals surface area contributed by atoms with Crippen molar-refractivity contribution < 1.29 is 36.4 Å². The van der Waals surface area contributed by atoms with E-state index < -0.39 is 51.6 Å². The third kappa shape index (κ3) is 4.94. The van der Waals surface area contributed by atoms with E-state index in [0.29, 0.717) is 4.68 Å². The van der Waals surface area contributed by atoms with Gasteiger partial charge in [-0.1, -0.05) is 0 Å². The van der Waals surface area contributed by atoms with E-state index in [4.69, 9.17) is 4.74 Å². The van der Waals surface area contributed by atoms with Crippen molar-refractivity contribution in [2.24, 2.45) is 7.05 Å². The van der Waals surface area contributed by atoms with E-state index in [2.05, 4.69) is 26.3 Å². The van der Waals surface area contributed by atoms with E-state index >= 15 is 0 Å². The summed E-state index contributed by atoms with van der Waals surface area (Å²) >= 11 is 2.66. The number of carbonyl (C=O) groups is 1. The smallest absolute Gasteiger partial charge is 0.434 e. The van der Waals surface area contributed by atoms with Crippen molar-refractivity contribution in [3.8, 4) is 5.75 Å². The first-order chi connectivity index (χ1) is 12.9. The summed E-state index contributed by atoms with van der Waals surface area (Å²) in [5.74, 6) is -1.45. The molecule has 0 atom stereocenters. The molecule has 1 heterocycles. The van der Waals surface area contributed by atoms with Gasteiger partial charge in [-0.25, -0.2) is 8.78 Å². The van der Waals surface area contributed by atoms with Crippen LogP contribution in [0.1, 0.15) is 16.2 Å². The highest BCUT2D eigenvalue weighted by Gasteiger charge is 2.39. The first kappa shape index (κ1) is 21.5. The van der Waals surface area contributed by atoms with E-state index in [1.807, 2.05) is 0 Å². The zero-order valence-corrected chi connectivity index (χ0v) is 15.3. The Bertz CT molecular complexity index is 916. The monoisotopic (exact) mass is 472 g/mol. The number of alkyl halides is 5. The summed E-state index contributed by atoms with van der Waals surface area (Å²) in [6.07, 6.45) is -7.64. The van der Waals surface area contributed by atoms with Crippen LogP contribution in [0.3, 0.4) is 0 Å². The van der Waals surface area contributed by atoms with Crippen LogP contribution in [0.15, 0.2) is 22.7 Å². The average Bonchev–Trinajstić information content (AvgIpc) is 2.87. The molecular weight excluding hydrogens is 463 g/mol. The van der Waals surface area contributed by atoms with Crippen LogP contribution in [-0.2, 0) is 13.2 Å². The van der Waals surface area contributed by atoms with Gasteiger partial charge >= 0.3 is 6.18 Å². The SMILES string of the molecule is Cn1nc(C(=O)Nc2cc(OCC(F)F)cc([N+](=O)[O-])c2)c(Br)c1C(F)(F)F. The highest BCUT2D eigenvalue weighted by atomic mass is 79.9. The van der Waals surface area contributed by atoms with Crippen LogP contribution in [0.25, 0.3) is 0 Å². The minimum absolute atomic E-state index is 0.255. The second kappa shape index (κ2) is 8.08. The molecule has 0 aliphatic rings. The van der Waals surface area contributed by atoms with Gasteiger partial charge in [0.15, 0.2) is 11.4 Å². The topological polar surface area (TPSA) is 99.3 Å². The maximum Gasteiger partial charge on any atom is 0.434 e. The number of hydrogen-bond acceptors (Lipinski definition) is 5. The number of carbonyl (C=O) groups excluding carboxylic acids is 1. The van der Waals surface area contributed by atoms with E-state index in [0.717, 1.165) is 25.2 Å². The van der Waals surface area contributed by atoms with Gasteiger partial charge in [-0.2, -0.15) is 18.3 Å². The number of nitro benzene ring substituents is 1. The molecule has 8 nitrogen and oxygen atoms in total. The maximum absolute atomic E-state index is 13.0. The molecule has 0 unspecified atom stereocenters. The highest BCUT2D eigenvalue weighted by molar-refractivity contribution is 9.10. The number of halogens is 6. The van der Waals surface area contributed by atoms with Gasteiger partial charge in [-0.15, -0.1) is 0 Å². The predicted octanol–water partition coefficient (Wildman–Crippen LogP) is 4.01. The fourth-order valence-corrected chi connectivity index (χ4v) is 2.89. The molecule has 1 aromatic carbocycles. The van der Waals surface area contributed by atoms with Crippen LogP contribution >= 0.6 is 15.9 Å². The van der Waals surface area contributed by atoms with Crippen molar-refractivity contribution in [2.45, 2.75) is 12.6 Å². The first-order valence-electron chi connectivity index (χ1n) is 7.21. The molecule has 0 aliphatic heterocycles. The Morgan fingerprint density at radius 1 is 1.39 bits per heavy atom. The minimum Gasteiger partial charge on any atom is -0.487 e. The van der Waals surface area contributed by atoms with Crippen molar-refractivity contribution in [1.29, 1.82) is 0 Å². The van der Waals surface area contributed by atoms with Crippen molar-refractivity contribution in [3.05, 3.63) is 44.2 Å². The Labute approximate surface area is 161 Å². The normalized spacial score (nSPS) is 11.6. The highest BCUT2D eigenvalue weighted by Crippen LogP contribution is 2.36. The Hall–Kier alpha value is -2.77. The summed E-state index contributed by atoms with van der Waals surface area (Å²) in [6, 6.07) is 2.75. The van der Waals surface area contributed by atoms with Crippen molar-refractivity contribution >= 4 is 33.2 Å². The van der Waals surface area contributed by atoms with Crippen LogP contribution in [0.4, 0.5) is 33.3 Å². The molecule has 1 amide bonds. The average molecular weight is 473 g/mol. The number of nitrogens with zero attached hydrogens (tertiary/aromatic N) is 3. The Morgan fingerprint density at radius 2 is 2.04 bits per heavy atom. The molecule has 0 fully saturated rings. The number of nitro groups is 1. The molecule has 2 aromatic rings. The van der Waals surface area contributed by atoms with E-state index in [9.17, 15) is 36.9 Å². The molecule has 0 bridgehead atoms. The minimum atomic E-state index is -4.79. The van der Waals surface area contributed by atoms with Gasteiger partial charge in [0.25, 0.3) is 18.0 Å². The van der Waals surface area contributed by atoms with Gasteiger partial charge in [0.05, 0.1) is 21.1 Å². The van der Waals surface area contributed by atoms with Gasteiger partial charge < -0.3 is 10.1 Å². The Morgan fingerprint density at radius 3 is 2.54 bits per heavy atom. The molecule has 2 rings (SSSR count). The Balaban J connectivity index is 2.34. The van der Waals surface area contributed by atoms with E-state index in [1.165, 1.54) is 0 Å². The summed E-state index contributed by atoms with van der Waals surface area (Å²) in [7, 11) is 0.980. The van der Waals surface area contributed by atoms with Crippen LogP contribution in [0.5, 0.6) is 5.75 Å². The van der Waals surface area contributed by atoms with Crippen molar-refractivity contribution in [3.63, 3.8) is 0 Å². The standard InChI is InChI=1S/C14H10BrF5N4O4/c1-23-12(14(18,19)20)10(15)11(22-23)13(25)21-6-2-7(24(26)27)4-8(3-6)28-5-9(16)17/h2-4,9H,5H2,1H3,(H,21,25). The number of aromatic nitrogens is 2. The molecule has 0 aliphatic carbocycles. The molecule has 1 aromatic heterocycles. The lowest BCUT2D eigenvalue weighted by atomic mass is 10.2. The first-order valence-corrected chi connectivity index (χ1v) is 8.01. The molecule has 152 valence electrons. The zero-order valence-electron chi connectivity index (χ0n) is 13.8. The van der Waals surface area contributed by atoms with Crippen LogP contribution in [0.2, 0.25) is 0 Å². The van der Waals surface area contributed by atoms with Crippen LogP contribution in [0, 0.1) is 10.1 Å². The number of aryl methyl sites for hydroxylation is 1. The van der Waals surface area contributed by atoms with E-state index in [-0.39, 0.29) is 11.4 Å². The molecule has 14 heteroatoms. The number of ether oxygens (including phenoxy) is 1. The number of nitrogens with one attached hydrogen (secondary N) is 1. The number of amides is 1. The van der Waals surface area contributed by atoms with Crippen molar-refractivity contribution in [1.82, 2.24) is 9.78 Å². The summed E-state index contributed by atoms with van der Waals surface area (Å²) < 4.78 is 68.0. The van der Waals surface area contributed by atoms with Gasteiger partial charge in [-0.3, -0.25) is 19.6 Å². The zero-order chi connectivity index (χ0) is 21.2. The largest absolute Gasteiger partial charge is 0.487 e. The summed E-state index contributed by atoms with van der Waals surface area (Å²) in [6.45, 7) is -1.05. The second-order valence-corrected chi connectivity index (χ2v) is 6.05. The number of anilines is 1. The number of benzene rings is 1. The third-order valence-electron chi connectivity index (χ3n) is 3.21. The van der Waals surface area contributed by atoms with E-state index in [1.54, 1.807) is 0 Å². The summed E-state index contributed by atoms with van der Waals surface area (Å²) in [5.41, 5.74) is -2.68. The van der Waals surface area contributed by atoms with Crippen LogP contribution in [-0.4, -0.2) is 33.6 Å². The number of hydrogen-bond donors (Lipinski definition) is 1. The number of non-ortho nitro benzene ring substituents is 1. The second-order valence-electron chi connectivity index (χ2n) is 5.26. The molecule has 0 saturated carbocycles. The lowest BCUT2D eigenvalue weighted by Crippen LogP contribution is -2.14. The fourth-order valence-electron chi connectivity index (χ4n) is 2.14. The van der Waals surface area contributed by atoms with Crippen LogP contribution < -0.4 is 10.1 Å². The molecule has 1 N–H and O–H groups in total. The van der Waals surface area contributed by atoms with Gasteiger partial charge in [-0.05, 0) is 15.9 Å². The lowest BCUT2D eigenvalue weighted by Gasteiger charge is -2.09. The van der Waals surface area contributed by atoms with Gasteiger partial charge in [0.2, 0.25) is 0 Å². The van der Waals surface area contributed by atoms with Gasteiger partial charge in [0, 0.05) is 19.2 Å². The lowest BCUT2D eigenvalue weighted by molar-refractivity contribution is -0.384. The predicted molar refractivity (Wildman–Crippen MR) is 88.5 cm³/mol. The summed E-state index contributed by atoms with van der Waals surface area (Å²) in [5, 5.41) is 16.6. The Kier molecular flexibility index (Phi) is 6.21. The molecule has 28 heavy (non-hydrogen) atoms. The molecule has 0 radical (unpaired) electrons. The number of rotatable bonds is 6. The fraction of sp³-hybridized carbons (Fsp3) is 0.286. The third-order valence-corrected chi connectivity index (χ3v) is 3.96. The van der Waals surface area contributed by atoms with Crippen molar-refractivity contribution in [2.75, 3.05) is 11.9 Å². The molecule has 0 spiro atoms. The molecule has 0 saturated heterocycles. The molecular formula is C14H10BrF5N4O4. The van der Waals surface area contributed by atoms with Gasteiger partial charge in [0.1, 0.15) is 12.4 Å². The quantitative estimate of drug-likeness (QED) is 0.389. The summed E-state index contributed by atoms with van der Waals surface area (Å²) in [4.78, 5) is 22.4.